The molecule has 0 saturated carbocycles. The Bertz CT molecular complexity index is 460. The molecule has 2 rings (SSSR count). The van der Waals surface area contributed by atoms with Crippen LogP contribution in [0.5, 0.6) is 0 Å². The van der Waals surface area contributed by atoms with E-state index in [1.54, 1.807) is 0 Å². The maximum Gasteiger partial charge on any atom is 1.00 e. The molecule has 0 amide bonds. The number of carbonyl (C=O) groups is 1. The van der Waals surface area contributed by atoms with E-state index in [0.29, 0.717) is 5.70 Å². The minimum absolute atomic E-state index is 0. The van der Waals surface area contributed by atoms with E-state index in [1.807, 2.05) is 44.2 Å². The Balaban J connectivity index is 0.00000128. The Labute approximate surface area is 118 Å². The molecular formula is C13H12NNaO. The van der Waals surface area contributed by atoms with Crippen LogP contribution in [0.2, 0.25) is 0 Å². The number of Topliss-reactive ketones (excluding diaryl/α,β-unsaturated/α-hetero) is 1. The third-order valence-electron chi connectivity index (χ3n) is 2.52. The van der Waals surface area contributed by atoms with Gasteiger partial charge in [0.25, 0.3) is 0 Å². The molecule has 1 aliphatic heterocycles. The van der Waals surface area contributed by atoms with E-state index in [-0.39, 0.29) is 35.3 Å². The van der Waals surface area contributed by atoms with Gasteiger partial charge in [0, 0.05) is 11.3 Å². The first kappa shape index (κ1) is 13.2. The summed E-state index contributed by atoms with van der Waals surface area (Å²) < 4.78 is 0. The van der Waals surface area contributed by atoms with Gasteiger partial charge in [0.1, 0.15) is 0 Å². The van der Waals surface area contributed by atoms with Crippen molar-refractivity contribution in [3.63, 3.8) is 0 Å². The van der Waals surface area contributed by atoms with Crippen molar-refractivity contribution in [2.24, 2.45) is 0 Å². The monoisotopic (exact) mass is 221 g/mol. The van der Waals surface area contributed by atoms with Gasteiger partial charge < -0.3 is 5.32 Å². The molecule has 76 valence electrons. The van der Waals surface area contributed by atoms with Crippen LogP contribution in [0.3, 0.4) is 0 Å². The van der Waals surface area contributed by atoms with Crippen LogP contribution in [-0.2, 0) is 4.79 Å². The Morgan fingerprint density at radius 1 is 1.25 bits per heavy atom. The molecule has 0 atom stereocenters. The van der Waals surface area contributed by atoms with E-state index in [2.05, 4.69) is 11.4 Å². The van der Waals surface area contributed by atoms with Gasteiger partial charge in [-0.3, -0.25) is 4.79 Å². The van der Waals surface area contributed by atoms with Gasteiger partial charge in [-0.15, -0.1) is 5.56 Å². The number of carbonyl (C=O) groups excluding carboxylic acids is 1. The Morgan fingerprint density at radius 2 is 1.88 bits per heavy atom. The van der Waals surface area contributed by atoms with Gasteiger partial charge in [-0.1, -0.05) is 6.08 Å². The van der Waals surface area contributed by atoms with E-state index < -0.39 is 0 Å². The zero-order valence-electron chi connectivity index (χ0n) is 9.79. The number of nitrogens with one attached hydrogen (secondary N) is 1. The normalized spacial score (nSPS) is 17.4. The van der Waals surface area contributed by atoms with Crippen LogP contribution in [0.4, 0.5) is 0 Å². The number of hydrogen-bond acceptors (Lipinski definition) is 2. The molecule has 0 aliphatic carbocycles. The minimum atomic E-state index is 0. The number of hydrogen-bond donors (Lipinski definition) is 1. The maximum absolute atomic E-state index is 11.7. The molecule has 0 spiro atoms. The second-order valence-electron chi connectivity index (χ2n) is 3.60. The molecule has 0 unspecified atom stereocenters. The zero-order valence-corrected chi connectivity index (χ0v) is 11.8. The number of ketones is 1. The summed E-state index contributed by atoms with van der Waals surface area (Å²) in [7, 11) is 0. The third kappa shape index (κ3) is 2.64. The molecule has 0 radical (unpaired) electrons. The molecule has 1 heterocycles. The summed E-state index contributed by atoms with van der Waals surface area (Å²) in [4.78, 5) is 11.7. The first-order valence-electron chi connectivity index (χ1n) is 4.85. The summed E-state index contributed by atoms with van der Waals surface area (Å²) in [6, 6.07) is 10.4. The molecule has 0 aromatic heterocycles. The minimum Gasteiger partial charge on any atom is -0.356 e. The van der Waals surface area contributed by atoms with Crippen molar-refractivity contribution in [1.29, 1.82) is 0 Å². The summed E-state index contributed by atoms with van der Waals surface area (Å²) in [6.07, 6.45) is 1.86. The summed E-state index contributed by atoms with van der Waals surface area (Å²) in [5.41, 5.74) is 3.39. The van der Waals surface area contributed by atoms with Crippen LogP contribution >= 0.6 is 0 Å². The Morgan fingerprint density at radius 3 is 2.38 bits per heavy atom. The average Bonchev–Trinajstić information content (AvgIpc) is 2.48. The molecule has 0 saturated heterocycles. The van der Waals surface area contributed by atoms with Gasteiger partial charge in [0.05, 0.1) is 5.70 Å². The van der Waals surface area contributed by atoms with Crippen LogP contribution in [0, 0.1) is 6.07 Å². The molecule has 1 aromatic carbocycles. The van der Waals surface area contributed by atoms with Gasteiger partial charge in [0.2, 0.25) is 5.78 Å². The summed E-state index contributed by atoms with van der Waals surface area (Å²) >= 11 is 0. The van der Waals surface area contributed by atoms with E-state index in [1.165, 1.54) is 0 Å². The molecule has 16 heavy (non-hydrogen) atoms. The average molecular weight is 221 g/mol. The largest absolute Gasteiger partial charge is 1.00 e. The molecule has 1 aliphatic rings. The Hall–Kier alpha value is -0.830. The molecule has 0 fully saturated rings. The summed E-state index contributed by atoms with van der Waals surface area (Å²) in [6.45, 7) is 3.75. The molecule has 3 heteroatoms. The van der Waals surface area contributed by atoms with Crippen LogP contribution in [-0.4, -0.2) is 5.78 Å². The first-order valence-corrected chi connectivity index (χ1v) is 4.85. The van der Waals surface area contributed by atoms with Gasteiger partial charge in [-0.05, 0) is 13.8 Å². The first-order chi connectivity index (χ1) is 7.18. The molecular weight excluding hydrogens is 209 g/mol. The molecule has 2 nitrogen and oxygen atoms in total. The van der Waals surface area contributed by atoms with E-state index >= 15 is 0 Å². The maximum atomic E-state index is 11.7. The fourth-order valence-electron chi connectivity index (χ4n) is 1.49. The van der Waals surface area contributed by atoms with Crippen molar-refractivity contribution in [3.05, 3.63) is 52.9 Å². The predicted octanol–water partition coefficient (Wildman–Crippen LogP) is -0.702. The zero-order chi connectivity index (χ0) is 10.8. The predicted molar refractivity (Wildman–Crippen MR) is 59.8 cm³/mol. The molecule has 1 N–H and O–H groups in total. The second kappa shape index (κ2) is 5.48. The van der Waals surface area contributed by atoms with E-state index in [4.69, 9.17) is 0 Å². The topological polar surface area (TPSA) is 29.1 Å². The SMILES string of the molecule is CC1=C(C)C(=O)/C(=C\c2cc[c-]cc2)N1.[Na+]. The van der Waals surface area contributed by atoms with Crippen LogP contribution < -0.4 is 34.9 Å². The smallest absolute Gasteiger partial charge is 0.356 e. The van der Waals surface area contributed by atoms with Gasteiger partial charge in [-0.2, -0.15) is 30.3 Å². The second-order valence-corrected chi connectivity index (χ2v) is 3.60. The van der Waals surface area contributed by atoms with Crippen LogP contribution in [0.25, 0.3) is 6.08 Å². The quantitative estimate of drug-likeness (QED) is 0.386. The fourth-order valence-corrected chi connectivity index (χ4v) is 1.49. The van der Waals surface area contributed by atoms with Crippen molar-refractivity contribution in [2.75, 3.05) is 0 Å². The van der Waals surface area contributed by atoms with Crippen molar-refractivity contribution in [1.82, 2.24) is 5.32 Å². The number of benzene rings is 1. The number of allylic oxidation sites excluding steroid dienone is 2. The summed E-state index contributed by atoms with van der Waals surface area (Å²) in [5, 5.41) is 3.08. The van der Waals surface area contributed by atoms with Crippen molar-refractivity contribution in [3.8, 4) is 0 Å². The molecule has 1 aromatic rings. The van der Waals surface area contributed by atoms with Crippen LogP contribution in [0.1, 0.15) is 19.4 Å². The standard InChI is InChI=1S/C13H12NO.Na/c1-9-10(2)14-12(13(9)15)8-11-6-4-3-5-7-11;/h4-8,14H,1-2H3;/q-1;+1/b12-8+;. The van der Waals surface area contributed by atoms with Crippen molar-refractivity contribution < 1.29 is 34.4 Å². The summed E-state index contributed by atoms with van der Waals surface area (Å²) in [5.74, 6) is 0.0836. The van der Waals surface area contributed by atoms with E-state index in [9.17, 15) is 4.79 Å². The van der Waals surface area contributed by atoms with Gasteiger partial charge in [-0.25, -0.2) is 0 Å². The van der Waals surface area contributed by atoms with Gasteiger partial charge in [0.15, 0.2) is 0 Å². The van der Waals surface area contributed by atoms with E-state index in [0.717, 1.165) is 16.8 Å². The Kier molecular flexibility index (Phi) is 4.54. The van der Waals surface area contributed by atoms with Crippen molar-refractivity contribution in [2.45, 2.75) is 13.8 Å². The fraction of sp³-hybridized carbons (Fsp3) is 0.154. The molecule has 0 bridgehead atoms. The van der Waals surface area contributed by atoms with Gasteiger partial charge >= 0.3 is 29.6 Å². The van der Waals surface area contributed by atoms with Crippen molar-refractivity contribution >= 4 is 11.9 Å². The van der Waals surface area contributed by atoms with Crippen LogP contribution in [0.15, 0.2) is 41.2 Å². The number of rotatable bonds is 1. The third-order valence-corrected chi connectivity index (χ3v) is 2.52.